The summed E-state index contributed by atoms with van der Waals surface area (Å²) in [5.74, 6) is -0.611. The van der Waals surface area contributed by atoms with Crippen molar-refractivity contribution in [3.63, 3.8) is 0 Å². The second-order valence-electron chi connectivity index (χ2n) is 8.19. The van der Waals surface area contributed by atoms with Gasteiger partial charge in [0, 0.05) is 23.4 Å². The Bertz CT molecular complexity index is 1340. The number of carbonyl (C=O) groups is 2. The third-order valence-corrected chi connectivity index (χ3v) is 5.78. The number of amides is 2. The lowest BCUT2D eigenvalue weighted by molar-refractivity contribution is -0.116. The molecule has 4 rings (SSSR count). The SMILES string of the molecule is CC(=O)N(Cc1ccc(C)cc1)c1cccc2c(O)c(C(=O)Nc3ccccc3C)ccc12. The number of benzene rings is 4. The molecule has 0 unspecified atom stereocenters. The summed E-state index contributed by atoms with van der Waals surface area (Å²) in [4.78, 5) is 27.1. The molecule has 0 aliphatic heterocycles. The lowest BCUT2D eigenvalue weighted by atomic mass is 10.0. The van der Waals surface area contributed by atoms with E-state index < -0.39 is 5.91 Å². The minimum atomic E-state index is -0.391. The second-order valence-corrected chi connectivity index (χ2v) is 8.19. The normalized spacial score (nSPS) is 10.8. The number of para-hydroxylation sites is 1. The molecule has 33 heavy (non-hydrogen) atoms. The first-order valence-electron chi connectivity index (χ1n) is 10.8. The molecular weight excluding hydrogens is 412 g/mol. The summed E-state index contributed by atoms with van der Waals surface area (Å²) >= 11 is 0. The Morgan fingerprint density at radius 2 is 1.58 bits per heavy atom. The van der Waals surface area contributed by atoms with Crippen molar-refractivity contribution in [2.24, 2.45) is 0 Å². The van der Waals surface area contributed by atoms with Crippen LogP contribution in [0.15, 0.2) is 78.9 Å². The van der Waals surface area contributed by atoms with Crippen LogP contribution in [0.3, 0.4) is 0 Å². The minimum absolute atomic E-state index is 0.107. The summed E-state index contributed by atoms with van der Waals surface area (Å²) in [6.07, 6.45) is 0. The maximum absolute atomic E-state index is 12.9. The highest BCUT2D eigenvalue weighted by Crippen LogP contribution is 2.36. The maximum Gasteiger partial charge on any atom is 0.259 e. The van der Waals surface area contributed by atoms with Gasteiger partial charge in [-0.05, 0) is 43.2 Å². The summed E-state index contributed by atoms with van der Waals surface area (Å²) in [6, 6.07) is 24.3. The number of phenolic OH excluding ortho intramolecular Hbond substituents is 1. The number of nitrogens with zero attached hydrogens (tertiary/aromatic N) is 1. The lowest BCUT2D eigenvalue weighted by Crippen LogP contribution is -2.28. The molecule has 4 aromatic rings. The average Bonchev–Trinajstić information content (AvgIpc) is 2.80. The molecule has 0 aliphatic carbocycles. The molecule has 2 N–H and O–H groups in total. The maximum atomic E-state index is 12.9. The third kappa shape index (κ3) is 4.58. The van der Waals surface area contributed by atoms with Gasteiger partial charge in [-0.25, -0.2) is 0 Å². The van der Waals surface area contributed by atoms with E-state index in [0.29, 0.717) is 28.7 Å². The summed E-state index contributed by atoms with van der Waals surface area (Å²) in [7, 11) is 0. The van der Waals surface area contributed by atoms with Crippen molar-refractivity contribution in [2.45, 2.75) is 27.3 Å². The second kappa shape index (κ2) is 9.17. The third-order valence-electron chi connectivity index (χ3n) is 5.78. The van der Waals surface area contributed by atoms with Crippen molar-refractivity contribution < 1.29 is 14.7 Å². The number of phenols is 1. The van der Waals surface area contributed by atoms with Gasteiger partial charge < -0.3 is 15.3 Å². The molecule has 0 heterocycles. The van der Waals surface area contributed by atoms with E-state index in [1.165, 1.54) is 6.92 Å². The van der Waals surface area contributed by atoms with Crippen LogP contribution in [0.4, 0.5) is 11.4 Å². The standard InChI is InChI=1S/C28H26N2O3/c1-18-11-13-21(14-12-18)17-30(20(3)31)26-10-6-8-23-22(26)15-16-24(27(23)32)28(33)29-25-9-5-4-7-19(25)2/h4-16,32H,17H2,1-3H3,(H,29,33). The van der Waals surface area contributed by atoms with E-state index in [1.807, 2.05) is 68.4 Å². The molecule has 0 fully saturated rings. The Hall–Kier alpha value is -4.12. The Morgan fingerprint density at radius 3 is 2.27 bits per heavy atom. The number of carbonyl (C=O) groups excluding carboxylic acids is 2. The van der Waals surface area contributed by atoms with Crippen LogP contribution in [0.25, 0.3) is 10.8 Å². The summed E-state index contributed by atoms with van der Waals surface area (Å²) < 4.78 is 0. The van der Waals surface area contributed by atoms with Gasteiger partial charge in [-0.3, -0.25) is 9.59 Å². The first-order chi connectivity index (χ1) is 15.8. The Labute approximate surface area is 193 Å². The number of hydrogen-bond acceptors (Lipinski definition) is 3. The van der Waals surface area contributed by atoms with Gasteiger partial charge in [-0.1, -0.05) is 66.2 Å². The van der Waals surface area contributed by atoms with Crippen LogP contribution in [0, 0.1) is 13.8 Å². The smallest absolute Gasteiger partial charge is 0.259 e. The van der Waals surface area contributed by atoms with E-state index in [0.717, 1.165) is 16.7 Å². The molecule has 5 heteroatoms. The fourth-order valence-corrected chi connectivity index (χ4v) is 3.89. The number of aromatic hydroxyl groups is 1. The highest BCUT2D eigenvalue weighted by molar-refractivity contribution is 6.12. The van der Waals surface area contributed by atoms with Gasteiger partial charge in [-0.15, -0.1) is 0 Å². The van der Waals surface area contributed by atoms with Crippen molar-refractivity contribution in [1.82, 2.24) is 0 Å². The van der Waals surface area contributed by atoms with Crippen molar-refractivity contribution in [3.05, 3.63) is 101 Å². The number of nitrogens with one attached hydrogen (secondary N) is 1. The predicted octanol–water partition coefficient (Wildman–Crippen LogP) is 5.97. The molecule has 2 amide bonds. The molecule has 0 aliphatic rings. The van der Waals surface area contributed by atoms with Crippen molar-refractivity contribution >= 4 is 34.0 Å². The van der Waals surface area contributed by atoms with E-state index >= 15 is 0 Å². The summed E-state index contributed by atoms with van der Waals surface area (Å²) in [6.45, 7) is 5.86. The Balaban J connectivity index is 1.71. The number of hydrogen-bond donors (Lipinski definition) is 2. The molecule has 0 aromatic heterocycles. The van der Waals surface area contributed by atoms with Crippen LogP contribution in [0.5, 0.6) is 5.75 Å². The average molecular weight is 439 g/mol. The Morgan fingerprint density at radius 1 is 0.848 bits per heavy atom. The lowest BCUT2D eigenvalue weighted by Gasteiger charge is -2.23. The highest BCUT2D eigenvalue weighted by Gasteiger charge is 2.20. The number of fused-ring (bicyclic) bond motifs is 1. The van der Waals surface area contributed by atoms with Crippen molar-refractivity contribution in [1.29, 1.82) is 0 Å². The number of aryl methyl sites for hydroxylation is 2. The monoisotopic (exact) mass is 438 g/mol. The van der Waals surface area contributed by atoms with E-state index in [9.17, 15) is 14.7 Å². The van der Waals surface area contributed by atoms with Crippen LogP contribution in [0.2, 0.25) is 0 Å². The van der Waals surface area contributed by atoms with E-state index in [1.54, 1.807) is 29.2 Å². The zero-order valence-electron chi connectivity index (χ0n) is 18.9. The van der Waals surface area contributed by atoms with Gasteiger partial charge in [0.15, 0.2) is 0 Å². The fourth-order valence-electron chi connectivity index (χ4n) is 3.89. The molecule has 0 bridgehead atoms. The first-order valence-corrected chi connectivity index (χ1v) is 10.8. The van der Waals surface area contributed by atoms with Crippen molar-refractivity contribution in [3.8, 4) is 5.75 Å². The van der Waals surface area contributed by atoms with Gasteiger partial charge in [0.1, 0.15) is 5.75 Å². The molecule has 5 nitrogen and oxygen atoms in total. The molecule has 4 aromatic carbocycles. The van der Waals surface area contributed by atoms with Gasteiger partial charge in [0.2, 0.25) is 5.91 Å². The zero-order chi connectivity index (χ0) is 23.5. The molecule has 0 saturated heterocycles. The molecule has 0 saturated carbocycles. The molecular formula is C28H26N2O3. The van der Waals surface area contributed by atoms with Gasteiger partial charge in [-0.2, -0.15) is 0 Å². The fraction of sp³-hybridized carbons (Fsp3) is 0.143. The predicted molar refractivity (Wildman–Crippen MR) is 133 cm³/mol. The highest BCUT2D eigenvalue weighted by atomic mass is 16.3. The van der Waals surface area contributed by atoms with Gasteiger partial charge >= 0.3 is 0 Å². The molecule has 0 radical (unpaired) electrons. The van der Waals surface area contributed by atoms with Gasteiger partial charge in [0.05, 0.1) is 17.8 Å². The first kappa shape index (κ1) is 22.1. The van der Waals surface area contributed by atoms with Crippen LogP contribution in [-0.2, 0) is 11.3 Å². The largest absolute Gasteiger partial charge is 0.506 e. The summed E-state index contributed by atoms with van der Waals surface area (Å²) in [5, 5.41) is 15.0. The molecule has 166 valence electrons. The van der Waals surface area contributed by atoms with Gasteiger partial charge in [0.25, 0.3) is 5.91 Å². The molecule has 0 atom stereocenters. The summed E-state index contributed by atoms with van der Waals surface area (Å²) in [5.41, 5.74) is 4.64. The van der Waals surface area contributed by atoms with E-state index in [4.69, 9.17) is 0 Å². The van der Waals surface area contributed by atoms with E-state index in [-0.39, 0.29) is 17.2 Å². The zero-order valence-corrected chi connectivity index (χ0v) is 18.9. The quantitative estimate of drug-likeness (QED) is 0.403. The van der Waals surface area contributed by atoms with Crippen LogP contribution in [0.1, 0.15) is 34.0 Å². The van der Waals surface area contributed by atoms with Crippen molar-refractivity contribution in [2.75, 3.05) is 10.2 Å². The van der Waals surface area contributed by atoms with E-state index in [2.05, 4.69) is 5.32 Å². The molecule has 0 spiro atoms. The van der Waals surface area contributed by atoms with Crippen LogP contribution >= 0.6 is 0 Å². The van der Waals surface area contributed by atoms with Crippen LogP contribution < -0.4 is 10.2 Å². The number of anilines is 2. The topological polar surface area (TPSA) is 69.6 Å². The van der Waals surface area contributed by atoms with Crippen LogP contribution in [-0.4, -0.2) is 16.9 Å². The Kier molecular flexibility index (Phi) is 6.13. The number of rotatable bonds is 5. The minimum Gasteiger partial charge on any atom is -0.506 e.